The van der Waals surface area contributed by atoms with E-state index in [1.165, 1.54) is 17.1 Å². The van der Waals surface area contributed by atoms with E-state index in [1.807, 2.05) is 0 Å². The van der Waals surface area contributed by atoms with Crippen LogP contribution in [0.1, 0.15) is 24.2 Å². The van der Waals surface area contributed by atoms with Gasteiger partial charge in [-0.05, 0) is 5.92 Å². The molecule has 0 aromatic carbocycles. The number of carboxylic acid groups (broad SMARTS) is 1. The Kier molecular flexibility index (Phi) is 3.65. The molecule has 1 atom stereocenters. The second-order valence-corrected chi connectivity index (χ2v) is 3.94. The predicted octanol–water partition coefficient (Wildman–Crippen LogP) is 0.259. The molecule has 0 aliphatic carbocycles. The summed E-state index contributed by atoms with van der Waals surface area (Å²) in [6.07, 6.45) is 2.93. The van der Waals surface area contributed by atoms with Crippen LogP contribution in [0.15, 0.2) is 12.4 Å². The summed E-state index contributed by atoms with van der Waals surface area (Å²) >= 11 is 0. The molecule has 6 nitrogen and oxygen atoms in total. The van der Waals surface area contributed by atoms with Crippen molar-refractivity contribution < 1.29 is 14.7 Å². The van der Waals surface area contributed by atoms with Gasteiger partial charge in [0.2, 0.25) is 0 Å². The Labute approximate surface area is 93.3 Å². The Morgan fingerprint density at radius 3 is 2.50 bits per heavy atom. The molecule has 1 amide bonds. The Morgan fingerprint density at radius 2 is 2.12 bits per heavy atom. The van der Waals surface area contributed by atoms with Crippen molar-refractivity contribution in [2.45, 2.75) is 19.9 Å². The highest BCUT2D eigenvalue weighted by molar-refractivity contribution is 5.96. The highest BCUT2D eigenvalue weighted by atomic mass is 16.4. The Balaban J connectivity index is 2.73. The minimum absolute atomic E-state index is 0.168. The molecule has 0 saturated heterocycles. The maximum absolute atomic E-state index is 11.6. The topological polar surface area (TPSA) is 84.2 Å². The summed E-state index contributed by atoms with van der Waals surface area (Å²) in [6.45, 7) is 3.48. The minimum Gasteiger partial charge on any atom is -0.480 e. The number of amides is 1. The van der Waals surface area contributed by atoms with E-state index >= 15 is 0 Å². The molecule has 0 saturated carbocycles. The molecule has 1 aromatic rings. The summed E-state index contributed by atoms with van der Waals surface area (Å²) in [6, 6.07) is -0.882. The second kappa shape index (κ2) is 4.78. The van der Waals surface area contributed by atoms with Crippen molar-refractivity contribution in [3.8, 4) is 0 Å². The molecular formula is C10H15N3O3. The summed E-state index contributed by atoms with van der Waals surface area (Å²) in [7, 11) is 1.69. The van der Waals surface area contributed by atoms with Gasteiger partial charge in [0.05, 0.1) is 11.8 Å². The predicted molar refractivity (Wildman–Crippen MR) is 56.9 cm³/mol. The number of hydrogen-bond donors (Lipinski definition) is 2. The van der Waals surface area contributed by atoms with Gasteiger partial charge in [-0.2, -0.15) is 5.10 Å². The summed E-state index contributed by atoms with van der Waals surface area (Å²) < 4.78 is 1.49. The fourth-order valence-corrected chi connectivity index (χ4v) is 1.28. The van der Waals surface area contributed by atoms with Crippen LogP contribution >= 0.6 is 0 Å². The number of aromatic nitrogens is 2. The first kappa shape index (κ1) is 12.2. The lowest BCUT2D eigenvalue weighted by Gasteiger charge is -2.17. The van der Waals surface area contributed by atoms with Crippen molar-refractivity contribution in [1.82, 2.24) is 15.1 Å². The molecule has 1 aromatic heterocycles. The molecule has 0 bridgehead atoms. The first-order chi connectivity index (χ1) is 7.41. The van der Waals surface area contributed by atoms with Crippen LogP contribution in [0.5, 0.6) is 0 Å². The van der Waals surface area contributed by atoms with Crippen molar-refractivity contribution in [1.29, 1.82) is 0 Å². The van der Waals surface area contributed by atoms with Gasteiger partial charge in [0.15, 0.2) is 0 Å². The number of aryl methyl sites for hydroxylation is 1. The lowest BCUT2D eigenvalue weighted by Crippen LogP contribution is -2.44. The molecule has 1 heterocycles. The molecule has 0 unspecified atom stereocenters. The number of rotatable bonds is 4. The third kappa shape index (κ3) is 2.82. The van der Waals surface area contributed by atoms with E-state index in [0.29, 0.717) is 5.56 Å². The number of aliphatic carboxylic acids is 1. The molecule has 0 aliphatic rings. The zero-order chi connectivity index (χ0) is 12.3. The maximum atomic E-state index is 11.6. The van der Waals surface area contributed by atoms with Gasteiger partial charge < -0.3 is 10.4 Å². The van der Waals surface area contributed by atoms with E-state index in [9.17, 15) is 9.59 Å². The average Bonchev–Trinajstić information content (AvgIpc) is 2.59. The average molecular weight is 225 g/mol. The molecule has 1 rings (SSSR count). The highest BCUT2D eigenvalue weighted by Crippen LogP contribution is 2.04. The van der Waals surface area contributed by atoms with Crippen molar-refractivity contribution in [2.75, 3.05) is 0 Å². The van der Waals surface area contributed by atoms with Gasteiger partial charge in [-0.15, -0.1) is 0 Å². The fourth-order valence-electron chi connectivity index (χ4n) is 1.28. The van der Waals surface area contributed by atoms with Crippen molar-refractivity contribution in [3.05, 3.63) is 18.0 Å². The monoisotopic (exact) mass is 225 g/mol. The Morgan fingerprint density at radius 1 is 1.50 bits per heavy atom. The molecule has 0 aliphatic heterocycles. The number of carbonyl (C=O) groups is 2. The lowest BCUT2D eigenvalue weighted by molar-refractivity contribution is -0.140. The highest BCUT2D eigenvalue weighted by Gasteiger charge is 2.24. The standard InChI is InChI=1S/C10H15N3O3/c1-6(2)8(10(15)16)12-9(14)7-4-11-13(3)5-7/h4-6,8H,1-3H3,(H,12,14)(H,15,16)/t8-/m1/s1. The van der Waals surface area contributed by atoms with Crippen molar-refractivity contribution >= 4 is 11.9 Å². The van der Waals surface area contributed by atoms with E-state index in [2.05, 4.69) is 10.4 Å². The summed E-state index contributed by atoms with van der Waals surface area (Å²) in [5, 5.41) is 15.2. The molecule has 0 spiro atoms. The van der Waals surface area contributed by atoms with Crippen LogP contribution in [0, 0.1) is 5.92 Å². The number of nitrogens with one attached hydrogen (secondary N) is 1. The SMILES string of the molecule is CC(C)[C@@H](NC(=O)c1cnn(C)c1)C(=O)O. The van der Waals surface area contributed by atoms with Crippen LogP contribution in [0.2, 0.25) is 0 Å². The van der Waals surface area contributed by atoms with Crippen LogP contribution in [0.25, 0.3) is 0 Å². The van der Waals surface area contributed by atoms with Crippen LogP contribution in [-0.4, -0.2) is 32.8 Å². The number of carbonyl (C=O) groups excluding carboxylic acids is 1. The van der Waals surface area contributed by atoms with Crippen LogP contribution < -0.4 is 5.32 Å². The van der Waals surface area contributed by atoms with Gasteiger partial charge >= 0.3 is 5.97 Å². The molecule has 6 heteroatoms. The Bertz CT molecular complexity index is 398. The van der Waals surface area contributed by atoms with Crippen molar-refractivity contribution in [2.24, 2.45) is 13.0 Å². The first-order valence-electron chi connectivity index (χ1n) is 4.94. The second-order valence-electron chi connectivity index (χ2n) is 3.94. The quantitative estimate of drug-likeness (QED) is 0.769. The van der Waals surface area contributed by atoms with E-state index in [0.717, 1.165) is 0 Å². The van der Waals surface area contributed by atoms with Crippen LogP contribution in [-0.2, 0) is 11.8 Å². The van der Waals surface area contributed by atoms with Crippen molar-refractivity contribution in [3.63, 3.8) is 0 Å². The number of carboxylic acids is 1. The summed E-state index contributed by atoms with van der Waals surface area (Å²) in [5.74, 6) is -1.63. The van der Waals surface area contributed by atoms with Gasteiger partial charge in [0.1, 0.15) is 6.04 Å². The van der Waals surface area contributed by atoms with Gasteiger partial charge in [-0.3, -0.25) is 9.48 Å². The maximum Gasteiger partial charge on any atom is 0.326 e. The fraction of sp³-hybridized carbons (Fsp3) is 0.500. The molecule has 2 N–H and O–H groups in total. The summed E-state index contributed by atoms with van der Waals surface area (Å²) in [5.41, 5.74) is 0.356. The normalized spacial score (nSPS) is 12.5. The third-order valence-electron chi connectivity index (χ3n) is 2.19. The summed E-state index contributed by atoms with van der Waals surface area (Å²) in [4.78, 5) is 22.5. The number of nitrogens with zero attached hydrogens (tertiary/aromatic N) is 2. The molecular weight excluding hydrogens is 210 g/mol. The molecule has 0 radical (unpaired) electrons. The molecule has 16 heavy (non-hydrogen) atoms. The number of hydrogen-bond acceptors (Lipinski definition) is 3. The van der Waals surface area contributed by atoms with Crippen LogP contribution in [0.4, 0.5) is 0 Å². The zero-order valence-corrected chi connectivity index (χ0v) is 9.47. The molecule has 0 fully saturated rings. The van der Waals surface area contributed by atoms with E-state index in [4.69, 9.17) is 5.11 Å². The van der Waals surface area contributed by atoms with E-state index in [-0.39, 0.29) is 5.92 Å². The minimum atomic E-state index is -1.03. The van der Waals surface area contributed by atoms with Gasteiger partial charge in [-0.1, -0.05) is 13.8 Å². The molecule has 88 valence electrons. The van der Waals surface area contributed by atoms with Gasteiger partial charge in [0, 0.05) is 13.2 Å². The largest absolute Gasteiger partial charge is 0.480 e. The first-order valence-corrected chi connectivity index (χ1v) is 4.94. The zero-order valence-electron chi connectivity index (χ0n) is 9.47. The van der Waals surface area contributed by atoms with E-state index < -0.39 is 17.9 Å². The lowest BCUT2D eigenvalue weighted by atomic mass is 10.0. The van der Waals surface area contributed by atoms with E-state index in [1.54, 1.807) is 20.9 Å². The van der Waals surface area contributed by atoms with Gasteiger partial charge in [-0.25, -0.2) is 4.79 Å². The smallest absolute Gasteiger partial charge is 0.326 e. The van der Waals surface area contributed by atoms with Gasteiger partial charge in [0.25, 0.3) is 5.91 Å². The van der Waals surface area contributed by atoms with Crippen LogP contribution in [0.3, 0.4) is 0 Å². The third-order valence-corrected chi connectivity index (χ3v) is 2.19. The Hall–Kier alpha value is -1.85.